The number of nitrogens with zero attached hydrogens (tertiary/aromatic N) is 5. The van der Waals surface area contributed by atoms with Crippen molar-refractivity contribution >= 4 is 22.6 Å². The van der Waals surface area contributed by atoms with Crippen molar-refractivity contribution in [3.63, 3.8) is 0 Å². The number of aromatic nitrogens is 5. The van der Waals surface area contributed by atoms with Gasteiger partial charge in [0, 0.05) is 17.8 Å². The molecule has 3 heterocycles. The highest BCUT2D eigenvalue weighted by atomic mass is 19.1. The van der Waals surface area contributed by atoms with E-state index in [1.54, 1.807) is 34.0 Å². The van der Waals surface area contributed by atoms with Gasteiger partial charge in [0.25, 0.3) is 0 Å². The summed E-state index contributed by atoms with van der Waals surface area (Å²) in [6.07, 6.45) is 7.49. The van der Waals surface area contributed by atoms with Crippen molar-refractivity contribution in [3.05, 3.63) is 71.6 Å². The Balaban J connectivity index is 1.29. The van der Waals surface area contributed by atoms with Gasteiger partial charge < -0.3 is 5.32 Å². The SMILES string of the molecule is Cc1nn(CC(=O)Nc2cnn(Cc3cccc(F)c3)c2)c2nccc(C3CC3)c12. The molecule has 30 heavy (non-hydrogen) atoms. The highest BCUT2D eigenvalue weighted by Gasteiger charge is 2.27. The summed E-state index contributed by atoms with van der Waals surface area (Å²) in [6.45, 7) is 2.45. The minimum atomic E-state index is -0.284. The summed E-state index contributed by atoms with van der Waals surface area (Å²) in [5, 5.41) is 12.7. The third-order valence-electron chi connectivity index (χ3n) is 5.30. The lowest BCUT2D eigenvalue weighted by Gasteiger charge is -2.05. The van der Waals surface area contributed by atoms with Crippen LogP contribution in [0.5, 0.6) is 0 Å². The van der Waals surface area contributed by atoms with E-state index in [2.05, 4.69) is 26.6 Å². The molecule has 0 radical (unpaired) electrons. The first-order valence-corrected chi connectivity index (χ1v) is 9.95. The number of pyridine rings is 1. The summed E-state index contributed by atoms with van der Waals surface area (Å²) >= 11 is 0. The number of carbonyl (C=O) groups excluding carboxylic acids is 1. The molecule has 4 aromatic rings. The molecule has 1 aromatic carbocycles. The zero-order valence-corrected chi connectivity index (χ0v) is 16.5. The number of fused-ring (bicyclic) bond motifs is 1. The molecule has 5 rings (SSSR count). The molecular weight excluding hydrogens is 383 g/mol. The first-order valence-electron chi connectivity index (χ1n) is 9.95. The minimum Gasteiger partial charge on any atom is -0.322 e. The number of carbonyl (C=O) groups is 1. The fourth-order valence-corrected chi connectivity index (χ4v) is 3.83. The quantitative estimate of drug-likeness (QED) is 0.532. The van der Waals surface area contributed by atoms with E-state index in [4.69, 9.17) is 0 Å². The number of nitrogens with one attached hydrogen (secondary N) is 1. The molecule has 152 valence electrons. The standard InChI is InChI=1S/C22H21FN6O/c1-14-21-19(16-5-6-16)7-8-24-22(21)29(27-14)13-20(30)26-18-10-25-28(12-18)11-15-3-2-4-17(23)9-15/h2-4,7-10,12,16H,5-6,11,13H2,1H3,(H,26,30). The van der Waals surface area contributed by atoms with Gasteiger partial charge in [-0.25, -0.2) is 14.1 Å². The zero-order valence-electron chi connectivity index (χ0n) is 16.5. The van der Waals surface area contributed by atoms with Gasteiger partial charge in [-0.2, -0.15) is 10.2 Å². The van der Waals surface area contributed by atoms with Crippen LogP contribution >= 0.6 is 0 Å². The van der Waals surface area contributed by atoms with Crippen LogP contribution in [-0.4, -0.2) is 30.5 Å². The lowest BCUT2D eigenvalue weighted by atomic mass is 10.1. The molecule has 0 bridgehead atoms. The van der Waals surface area contributed by atoms with Gasteiger partial charge in [0.2, 0.25) is 5.91 Å². The van der Waals surface area contributed by atoms with Crippen LogP contribution in [0.15, 0.2) is 48.9 Å². The Morgan fingerprint density at radius 1 is 1.30 bits per heavy atom. The van der Waals surface area contributed by atoms with Crippen LogP contribution in [0.2, 0.25) is 0 Å². The van der Waals surface area contributed by atoms with Gasteiger partial charge in [-0.3, -0.25) is 9.48 Å². The lowest BCUT2D eigenvalue weighted by Crippen LogP contribution is -2.19. The maximum Gasteiger partial charge on any atom is 0.246 e. The summed E-state index contributed by atoms with van der Waals surface area (Å²) in [4.78, 5) is 17.1. The number of halogens is 1. The zero-order chi connectivity index (χ0) is 20.7. The molecular formula is C22H21FN6O. The monoisotopic (exact) mass is 404 g/mol. The molecule has 7 nitrogen and oxygen atoms in total. The van der Waals surface area contributed by atoms with Crippen molar-refractivity contribution in [2.75, 3.05) is 5.32 Å². The molecule has 1 fully saturated rings. The Morgan fingerprint density at radius 2 is 2.17 bits per heavy atom. The van der Waals surface area contributed by atoms with E-state index in [-0.39, 0.29) is 18.3 Å². The van der Waals surface area contributed by atoms with E-state index < -0.39 is 0 Å². The molecule has 0 spiro atoms. The Hall–Kier alpha value is -3.55. The van der Waals surface area contributed by atoms with Crippen LogP contribution in [0, 0.1) is 12.7 Å². The summed E-state index contributed by atoms with van der Waals surface area (Å²) in [5.41, 5.74) is 4.30. The van der Waals surface area contributed by atoms with Gasteiger partial charge in [0.05, 0.1) is 24.1 Å². The summed E-state index contributed by atoms with van der Waals surface area (Å²) in [5.74, 6) is 0.0984. The molecule has 0 atom stereocenters. The van der Waals surface area contributed by atoms with Crippen LogP contribution in [0.1, 0.15) is 35.6 Å². The van der Waals surface area contributed by atoms with E-state index in [0.29, 0.717) is 18.2 Å². The molecule has 1 aliphatic rings. The van der Waals surface area contributed by atoms with Crippen molar-refractivity contribution < 1.29 is 9.18 Å². The van der Waals surface area contributed by atoms with E-state index in [1.165, 1.54) is 30.5 Å². The van der Waals surface area contributed by atoms with Crippen LogP contribution in [0.25, 0.3) is 11.0 Å². The van der Waals surface area contributed by atoms with Gasteiger partial charge >= 0.3 is 0 Å². The molecule has 1 saturated carbocycles. The Labute approximate surface area is 172 Å². The average molecular weight is 404 g/mol. The van der Waals surface area contributed by atoms with E-state index in [9.17, 15) is 9.18 Å². The first-order chi connectivity index (χ1) is 14.6. The molecule has 0 aliphatic heterocycles. The van der Waals surface area contributed by atoms with Gasteiger partial charge in [0.15, 0.2) is 5.65 Å². The third-order valence-corrected chi connectivity index (χ3v) is 5.30. The smallest absolute Gasteiger partial charge is 0.246 e. The number of hydrogen-bond donors (Lipinski definition) is 1. The second-order valence-corrected chi connectivity index (χ2v) is 7.72. The molecule has 8 heteroatoms. The fraction of sp³-hybridized carbons (Fsp3) is 0.273. The average Bonchev–Trinajstić information content (AvgIpc) is 3.40. The van der Waals surface area contributed by atoms with Crippen molar-refractivity contribution in [2.45, 2.75) is 38.8 Å². The maximum absolute atomic E-state index is 13.3. The highest BCUT2D eigenvalue weighted by molar-refractivity contribution is 5.91. The number of amides is 1. The van der Waals surface area contributed by atoms with E-state index in [1.807, 2.05) is 13.0 Å². The Kier molecular flexibility index (Phi) is 4.54. The normalized spacial score (nSPS) is 13.7. The minimum absolute atomic E-state index is 0.0700. The number of aryl methyl sites for hydroxylation is 1. The third kappa shape index (κ3) is 3.68. The van der Waals surface area contributed by atoms with Crippen molar-refractivity contribution in [2.24, 2.45) is 0 Å². The number of anilines is 1. The van der Waals surface area contributed by atoms with Crippen molar-refractivity contribution in [3.8, 4) is 0 Å². The van der Waals surface area contributed by atoms with Gasteiger partial charge in [-0.1, -0.05) is 12.1 Å². The predicted molar refractivity (Wildman–Crippen MR) is 111 cm³/mol. The fourth-order valence-electron chi connectivity index (χ4n) is 3.83. The number of rotatable bonds is 6. The molecule has 3 aromatic heterocycles. The predicted octanol–water partition coefficient (Wildman–Crippen LogP) is 3.64. The maximum atomic E-state index is 13.3. The Morgan fingerprint density at radius 3 is 2.97 bits per heavy atom. The summed E-state index contributed by atoms with van der Waals surface area (Å²) in [6, 6.07) is 8.43. The highest BCUT2D eigenvalue weighted by Crippen LogP contribution is 2.43. The largest absolute Gasteiger partial charge is 0.322 e. The van der Waals surface area contributed by atoms with Crippen molar-refractivity contribution in [1.29, 1.82) is 0 Å². The van der Waals surface area contributed by atoms with Crippen LogP contribution < -0.4 is 5.32 Å². The van der Waals surface area contributed by atoms with E-state index >= 15 is 0 Å². The molecule has 1 N–H and O–H groups in total. The molecule has 0 unspecified atom stereocenters. The lowest BCUT2D eigenvalue weighted by molar-refractivity contribution is -0.116. The molecule has 1 amide bonds. The topological polar surface area (TPSA) is 77.6 Å². The number of hydrogen-bond acceptors (Lipinski definition) is 4. The first kappa shape index (κ1) is 18.5. The van der Waals surface area contributed by atoms with Crippen LogP contribution in [0.3, 0.4) is 0 Å². The second-order valence-electron chi connectivity index (χ2n) is 7.72. The Bertz CT molecular complexity index is 1240. The van der Waals surface area contributed by atoms with Gasteiger partial charge in [-0.15, -0.1) is 0 Å². The van der Waals surface area contributed by atoms with Gasteiger partial charge in [-0.05, 0) is 55.0 Å². The van der Waals surface area contributed by atoms with Crippen LogP contribution in [-0.2, 0) is 17.9 Å². The van der Waals surface area contributed by atoms with Gasteiger partial charge in [0.1, 0.15) is 12.4 Å². The summed E-state index contributed by atoms with van der Waals surface area (Å²) in [7, 11) is 0. The van der Waals surface area contributed by atoms with E-state index in [0.717, 1.165) is 22.3 Å². The van der Waals surface area contributed by atoms with Crippen molar-refractivity contribution in [1.82, 2.24) is 24.5 Å². The molecule has 1 aliphatic carbocycles. The van der Waals surface area contributed by atoms with Crippen LogP contribution in [0.4, 0.5) is 10.1 Å². The summed E-state index contributed by atoms with van der Waals surface area (Å²) < 4.78 is 16.6. The number of benzene rings is 1. The molecule has 0 saturated heterocycles. The second kappa shape index (κ2) is 7.37.